The number of carbonyl (C=O) groups is 3. The van der Waals surface area contributed by atoms with E-state index in [-0.39, 0.29) is 52.6 Å². The van der Waals surface area contributed by atoms with Crippen molar-refractivity contribution in [1.82, 2.24) is 10.2 Å². The Balaban J connectivity index is 2.13. The lowest BCUT2D eigenvalue weighted by Crippen LogP contribution is -2.52. The van der Waals surface area contributed by atoms with E-state index >= 15 is 0 Å². The second kappa shape index (κ2) is 15.0. The fourth-order valence-corrected chi connectivity index (χ4v) is 4.02. The van der Waals surface area contributed by atoms with Crippen molar-refractivity contribution in [2.24, 2.45) is 17.2 Å². The predicted octanol–water partition coefficient (Wildman–Crippen LogP) is 2.17. The van der Waals surface area contributed by atoms with Crippen molar-refractivity contribution in [3.05, 3.63) is 63.1 Å². The van der Waals surface area contributed by atoms with E-state index in [1.54, 1.807) is 0 Å². The van der Waals surface area contributed by atoms with Crippen LogP contribution in [0.2, 0.25) is 15.1 Å². The summed E-state index contributed by atoms with van der Waals surface area (Å²) < 4.78 is 0. The van der Waals surface area contributed by atoms with Crippen LogP contribution in [0.5, 0.6) is 0 Å². The zero-order valence-corrected chi connectivity index (χ0v) is 22.0. The lowest BCUT2D eigenvalue weighted by molar-refractivity contribution is -0.134. The number of nitrogens with one attached hydrogen (secondary N) is 2. The number of halogens is 3. The molecule has 3 amide bonds. The normalized spacial score (nSPS) is 12.5. The van der Waals surface area contributed by atoms with Gasteiger partial charge in [-0.2, -0.15) is 0 Å². The molecule has 0 heterocycles. The molecule has 0 spiro atoms. The third-order valence-corrected chi connectivity index (χ3v) is 6.38. The summed E-state index contributed by atoms with van der Waals surface area (Å²) in [6.45, 7) is 1.12. The zero-order valence-electron chi connectivity index (χ0n) is 19.7. The highest BCUT2D eigenvalue weighted by Crippen LogP contribution is 2.32. The van der Waals surface area contributed by atoms with Crippen LogP contribution in [0, 0.1) is 0 Å². The number of aryl methyl sites for hydroxylation is 1. The first-order valence-corrected chi connectivity index (χ1v) is 12.5. The Morgan fingerprint density at radius 3 is 2.11 bits per heavy atom. The maximum Gasteiger partial charge on any atom is 0.247 e. The number of anilines is 1. The molecule has 0 aliphatic carbocycles. The molecule has 12 heteroatoms. The van der Waals surface area contributed by atoms with Gasteiger partial charge < -0.3 is 32.7 Å². The summed E-state index contributed by atoms with van der Waals surface area (Å²) in [5, 5.41) is 5.98. The Labute approximate surface area is 225 Å². The summed E-state index contributed by atoms with van der Waals surface area (Å²) >= 11 is 18.2. The average Bonchev–Trinajstić information content (AvgIpc) is 2.85. The maximum absolute atomic E-state index is 13.1. The van der Waals surface area contributed by atoms with Crippen molar-refractivity contribution in [2.45, 2.75) is 31.3 Å². The van der Waals surface area contributed by atoms with Crippen LogP contribution in [0.3, 0.4) is 0 Å². The van der Waals surface area contributed by atoms with Crippen LogP contribution < -0.4 is 27.8 Å². The number of nitrogens with two attached hydrogens (primary N) is 3. The molecular weight excluding hydrogens is 527 g/mol. The van der Waals surface area contributed by atoms with Gasteiger partial charge in [0.1, 0.15) is 6.04 Å². The SMILES string of the molecule is NCCN(CCN)C(=O)CC(N)C(=O)NC(CCc1ccccc1)C(=O)Nc1cc(Cl)c(Cl)cc1Cl. The van der Waals surface area contributed by atoms with Crippen LogP contribution in [-0.4, -0.2) is 60.9 Å². The number of benzene rings is 2. The number of nitrogens with zero attached hydrogens (tertiary/aromatic N) is 1. The molecule has 2 atom stereocenters. The van der Waals surface area contributed by atoms with Crippen LogP contribution in [0.1, 0.15) is 18.4 Å². The van der Waals surface area contributed by atoms with Crippen LogP contribution in [0.25, 0.3) is 0 Å². The van der Waals surface area contributed by atoms with Crippen LogP contribution in [0.4, 0.5) is 5.69 Å². The maximum atomic E-state index is 13.1. The molecule has 8 N–H and O–H groups in total. The summed E-state index contributed by atoms with van der Waals surface area (Å²) in [5.74, 6) is -1.51. The van der Waals surface area contributed by atoms with Gasteiger partial charge in [0.25, 0.3) is 0 Å². The molecule has 2 aromatic rings. The molecule has 196 valence electrons. The van der Waals surface area contributed by atoms with Crippen molar-refractivity contribution in [1.29, 1.82) is 0 Å². The molecular formula is C24H31Cl3N6O3. The van der Waals surface area contributed by atoms with Crippen LogP contribution in [-0.2, 0) is 20.8 Å². The van der Waals surface area contributed by atoms with Crippen molar-refractivity contribution in [3.63, 3.8) is 0 Å². The van der Waals surface area contributed by atoms with E-state index in [0.717, 1.165) is 5.56 Å². The van der Waals surface area contributed by atoms with E-state index < -0.39 is 23.9 Å². The molecule has 0 fully saturated rings. The lowest BCUT2D eigenvalue weighted by Gasteiger charge is -2.24. The van der Waals surface area contributed by atoms with E-state index in [9.17, 15) is 14.4 Å². The molecule has 2 unspecified atom stereocenters. The summed E-state index contributed by atoms with van der Waals surface area (Å²) in [5.41, 5.74) is 18.3. The van der Waals surface area contributed by atoms with Gasteiger partial charge in [-0.15, -0.1) is 0 Å². The molecule has 9 nitrogen and oxygen atoms in total. The van der Waals surface area contributed by atoms with E-state index in [2.05, 4.69) is 10.6 Å². The average molecular weight is 558 g/mol. The van der Waals surface area contributed by atoms with Gasteiger partial charge >= 0.3 is 0 Å². The lowest BCUT2D eigenvalue weighted by atomic mass is 10.0. The minimum absolute atomic E-state index is 0.188. The van der Waals surface area contributed by atoms with Gasteiger partial charge in [-0.3, -0.25) is 14.4 Å². The van der Waals surface area contributed by atoms with Gasteiger partial charge in [0.2, 0.25) is 17.7 Å². The van der Waals surface area contributed by atoms with Crippen molar-refractivity contribution < 1.29 is 14.4 Å². The highest BCUT2D eigenvalue weighted by atomic mass is 35.5. The van der Waals surface area contributed by atoms with Crippen molar-refractivity contribution in [2.75, 3.05) is 31.5 Å². The first kappa shape index (κ1) is 29.8. The predicted molar refractivity (Wildman–Crippen MR) is 144 cm³/mol. The third kappa shape index (κ3) is 9.24. The summed E-state index contributed by atoms with van der Waals surface area (Å²) in [4.78, 5) is 40.0. The van der Waals surface area contributed by atoms with E-state index in [4.69, 9.17) is 52.0 Å². The van der Waals surface area contributed by atoms with Crippen LogP contribution >= 0.6 is 34.8 Å². The minimum Gasteiger partial charge on any atom is -0.343 e. The van der Waals surface area contributed by atoms with Gasteiger partial charge in [-0.25, -0.2) is 0 Å². The number of rotatable bonds is 13. The quantitative estimate of drug-likeness (QED) is 0.238. The Morgan fingerprint density at radius 2 is 1.50 bits per heavy atom. The fraction of sp³-hybridized carbons (Fsp3) is 0.375. The Morgan fingerprint density at radius 1 is 0.889 bits per heavy atom. The Kier molecular flexibility index (Phi) is 12.4. The Hall–Kier alpha value is -2.40. The largest absolute Gasteiger partial charge is 0.343 e. The van der Waals surface area contributed by atoms with Gasteiger partial charge in [-0.05, 0) is 30.5 Å². The highest BCUT2D eigenvalue weighted by Gasteiger charge is 2.27. The molecule has 0 aliphatic heterocycles. The minimum atomic E-state index is -1.17. The number of carbonyl (C=O) groups excluding carboxylic acids is 3. The monoisotopic (exact) mass is 556 g/mol. The van der Waals surface area contributed by atoms with Gasteiger partial charge in [0, 0.05) is 26.2 Å². The standard InChI is InChI=1S/C24H31Cl3N6O3/c25-16-12-18(27)21(13-17(16)26)32-24(36)20(7-6-15-4-2-1-3-5-15)31-23(35)19(30)14-22(34)33(10-8-28)11-9-29/h1-5,12-13,19-20H,6-11,14,28-30H2,(H,31,35)(H,32,36). The van der Waals surface area contributed by atoms with Gasteiger partial charge in [0.15, 0.2) is 0 Å². The molecule has 0 saturated carbocycles. The van der Waals surface area contributed by atoms with Crippen LogP contribution in [0.15, 0.2) is 42.5 Å². The Bertz CT molecular complexity index is 1040. The molecule has 0 bridgehead atoms. The molecule has 0 aliphatic rings. The summed E-state index contributed by atoms with van der Waals surface area (Å²) in [7, 11) is 0. The van der Waals surface area contributed by atoms with E-state index in [1.165, 1.54) is 17.0 Å². The number of hydrogen-bond acceptors (Lipinski definition) is 6. The second-order valence-electron chi connectivity index (χ2n) is 8.09. The molecule has 0 saturated heterocycles. The summed E-state index contributed by atoms with van der Waals surface area (Å²) in [6, 6.07) is 10.2. The topological polar surface area (TPSA) is 157 Å². The summed E-state index contributed by atoms with van der Waals surface area (Å²) in [6.07, 6.45) is 0.522. The zero-order chi connectivity index (χ0) is 26.7. The van der Waals surface area contributed by atoms with Crippen molar-refractivity contribution in [3.8, 4) is 0 Å². The molecule has 2 rings (SSSR count). The highest BCUT2D eigenvalue weighted by molar-refractivity contribution is 6.44. The first-order valence-electron chi connectivity index (χ1n) is 11.4. The smallest absolute Gasteiger partial charge is 0.247 e. The van der Waals surface area contributed by atoms with Gasteiger partial charge in [0.05, 0.1) is 33.2 Å². The first-order chi connectivity index (χ1) is 17.2. The second-order valence-corrected chi connectivity index (χ2v) is 9.31. The number of hydrogen-bond donors (Lipinski definition) is 5. The number of amides is 3. The fourth-order valence-electron chi connectivity index (χ4n) is 3.42. The van der Waals surface area contributed by atoms with E-state index in [1.807, 2.05) is 30.3 Å². The van der Waals surface area contributed by atoms with Crippen molar-refractivity contribution >= 4 is 58.2 Å². The molecule has 0 radical (unpaired) electrons. The van der Waals surface area contributed by atoms with E-state index in [0.29, 0.717) is 19.5 Å². The molecule has 0 aromatic heterocycles. The van der Waals surface area contributed by atoms with Gasteiger partial charge in [-0.1, -0.05) is 65.1 Å². The third-order valence-electron chi connectivity index (χ3n) is 5.35. The molecule has 2 aromatic carbocycles. The molecule has 36 heavy (non-hydrogen) atoms.